The van der Waals surface area contributed by atoms with Crippen LogP contribution in [0.3, 0.4) is 0 Å². The molecule has 6 nitrogen and oxygen atoms in total. The maximum atomic E-state index is 12.9. The Kier molecular flexibility index (Phi) is 7.31. The Hall–Kier alpha value is -2.84. The van der Waals surface area contributed by atoms with Crippen molar-refractivity contribution in [1.82, 2.24) is 10.3 Å². The summed E-state index contributed by atoms with van der Waals surface area (Å²) in [6.45, 7) is 8.21. The van der Waals surface area contributed by atoms with Gasteiger partial charge in [-0.25, -0.2) is 4.79 Å². The molecule has 1 aromatic heterocycles. The Labute approximate surface area is 233 Å². The first-order valence-electron chi connectivity index (χ1n) is 12.5. The zero-order chi connectivity index (χ0) is 27.1. The summed E-state index contributed by atoms with van der Waals surface area (Å²) in [5, 5.41) is 3.62. The van der Waals surface area contributed by atoms with Gasteiger partial charge in [-0.3, -0.25) is 4.98 Å². The molecule has 1 amide bonds. The lowest BCUT2D eigenvalue weighted by Crippen LogP contribution is -2.41. The molecule has 196 valence electrons. The van der Waals surface area contributed by atoms with Crippen molar-refractivity contribution in [2.45, 2.75) is 44.8 Å². The van der Waals surface area contributed by atoms with Crippen LogP contribution in [-0.4, -0.2) is 42.5 Å². The number of hydrogen-bond acceptors (Lipinski definition) is 5. The van der Waals surface area contributed by atoms with Gasteiger partial charge in [0, 0.05) is 30.4 Å². The van der Waals surface area contributed by atoms with E-state index in [1.807, 2.05) is 52.0 Å². The van der Waals surface area contributed by atoms with Crippen LogP contribution in [0.5, 0.6) is 0 Å². The van der Waals surface area contributed by atoms with Crippen molar-refractivity contribution in [3.63, 3.8) is 0 Å². The number of rotatable bonds is 6. The lowest BCUT2D eigenvalue weighted by atomic mass is 9.77. The minimum absolute atomic E-state index is 0.0271. The fourth-order valence-corrected chi connectivity index (χ4v) is 5.24. The molecule has 0 atom stereocenters. The third kappa shape index (κ3) is 5.08. The van der Waals surface area contributed by atoms with Crippen LogP contribution in [0, 0.1) is 0 Å². The second-order valence-corrected chi connectivity index (χ2v) is 11.3. The quantitative estimate of drug-likeness (QED) is 0.336. The van der Waals surface area contributed by atoms with Gasteiger partial charge >= 0.3 is 13.2 Å². The van der Waals surface area contributed by atoms with E-state index in [1.165, 1.54) is 23.5 Å². The van der Waals surface area contributed by atoms with Gasteiger partial charge in [-0.05, 0) is 55.4 Å². The molecular formula is C29H29BCl2N2O4. The number of amides is 1. The highest BCUT2D eigenvalue weighted by Crippen LogP contribution is 2.44. The Morgan fingerprint density at radius 2 is 1.50 bits per heavy atom. The molecule has 1 saturated heterocycles. The SMILES string of the molecule is CC1(C)OB(C(=Cc2c(Cl)cncc2Cl)CNC(=O)OCC2c3ccccc3-c3ccccc32)OC1(C)C. The van der Waals surface area contributed by atoms with Gasteiger partial charge in [0.15, 0.2) is 0 Å². The maximum absolute atomic E-state index is 12.9. The van der Waals surface area contributed by atoms with Crippen molar-refractivity contribution >= 4 is 42.5 Å². The second-order valence-electron chi connectivity index (χ2n) is 10.5. The standard InChI is InChI=1S/C29H29BCl2N2O4/c1-28(2)29(3,4)38-30(37-28)18(13-23-25(31)15-33-16-26(23)32)14-34-27(35)36-17-24-21-11-7-5-9-19(21)20-10-6-8-12-22(20)24/h5-13,15-16,24H,14,17H2,1-4H3,(H,34,35). The summed E-state index contributed by atoms with van der Waals surface area (Å²) in [6.07, 6.45) is 4.26. The molecule has 0 bridgehead atoms. The van der Waals surface area contributed by atoms with Crippen molar-refractivity contribution in [2.24, 2.45) is 0 Å². The number of hydrogen-bond donors (Lipinski definition) is 1. The molecule has 1 N–H and O–H groups in total. The van der Waals surface area contributed by atoms with E-state index in [4.69, 9.17) is 37.2 Å². The van der Waals surface area contributed by atoms with Gasteiger partial charge in [0.2, 0.25) is 0 Å². The lowest BCUT2D eigenvalue weighted by molar-refractivity contribution is 0.00578. The molecule has 1 aliphatic carbocycles. The second kappa shape index (κ2) is 10.4. The molecule has 38 heavy (non-hydrogen) atoms. The van der Waals surface area contributed by atoms with E-state index in [-0.39, 0.29) is 19.1 Å². The summed E-state index contributed by atoms with van der Waals surface area (Å²) < 4.78 is 18.2. The van der Waals surface area contributed by atoms with Crippen molar-refractivity contribution in [2.75, 3.05) is 13.2 Å². The van der Waals surface area contributed by atoms with Crippen LogP contribution in [0.4, 0.5) is 4.79 Å². The molecule has 0 unspecified atom stereocenters. The average molecular weight is 551 g/mol. The van der Waals surface area contributed by atoms with E-state index in [2.05, 4.69) is 34.6 Å². The summed E-state index contributed by atoms with van der Waals surface area (Å²) in [5.74, 6) is -0.0271. The van der Waals surface area contributed by atoms with Gasteiger partial charge in [0.25, 0.3) is 0 Å². The molecule has 9 heteroatoms. The Bertz CT molecular complexity index is 1330. The van der Waals surface area contributed by atoms with E-state index >= 15 is 0 Å². The number of nitrogens with zero attached hydrogens (tertiary/aromatic N) is 1. The Morgan fingerprint density at radius 1 is 0.974 bits per heavy atom. The van der Waals surface area contributed by atoms with Gasteiger partial charge < -0.3 is 19.4 Å². The molecule has 0 spiro atoms. The van der Waals surface area contributed by atoms with E-state index in [1.54, 1.807) is 6.08 Å². The first-order chi connectivity index (χ1) is 18.1. The highest BCUT2D eigenvalue weighted by molar-refractivity contribution is 6.56. The van der Waals surface area contributed by atoms with Crippen molar-refractivity contribution in [1.29, 1.82) is 0 Å². The van der Waals surface area contributed by atoms with Crippen LogP contribution in [-0.2, 0) is 14.0 Å². The highest BCUT2D eigenvalue weighted by atomic mass is 35.5. The smallest absolute Gasteiger partial charge is 0.449 e. The average Bonchev–Trinajstić information content (AvgIpc) is 3.31. The molecule has 5 rings (SSSR count). The molecule has 0 saturated carbocycles. The minimum Gasteiger partial charge on any atom is -0.449 e. The molecule has 0 radical (unpaired) electrons. The number of halogens is 2. The summed E-state index contributed by atoms with van der Waals surface area (Å²) in [7, 11) is -0.714. The van der Waals surface area contributed by atoms with E-state index in [0.29, 0.717) is 21.1 Å². The number of alkyl carbamates (subject to hydrolysis) is 1. The number of nitrogens with one attached hydrogen (secondary N) is 1. The van der Waals surface area contributed by atoms with Gasteiger partial charge in [-0.1, -0.05) is 77.8 Å². The summed E-state index contributed by atoms with van der Waals surface area (Å²) in [6, 6.07) is 16.4. The maximum Gasteiger partial charge on any atom is 0.492 e. The summed E-state index contributed by atoms with van der Waals surface area (Å²) >= 11 is 12.7. The normalized spacial score (nSPS) is 17.7. The first kappa shape index (κ1) is 26.8. The Morgan fingerprint density at radius 3 is 2.05 bits per heavy atom. The van der Waals surface area contributed by atoms with Gasteiger partial charge in [0.05, 0.1) is 21.2 Å². The van der Waals surface area contributed by atoms with Crippen LogP contribution in [0.2, 0.25) is 10.0 Å². The van der Waals surface area contributed by atoms with Gasteiger partial charge in [0.1, 0.15) is 6.61 Å². The van der Waals surface area contributed by atoms with Crippen molar-refractivity contribution in [3.8, 4) is 11.1 Å². The lowest BCUT2D eigenvalue weighted by Gasteiger charge is -2.32. The number of benzene rings is 2. The van der Waals surface area contributed by atoms with Crippen molar-refractivity contribution < 1.29 is 18.8 Å². The van der Waals surface area contributed by atoms with Gasteiger partial charge in [-0.2, -0.15) is 0 Å². The monoisotopic (exact) mass is 550 g/mol. The Balaban J connectivity index is 1.32. The zero-order valence-electron chi connectivity index (χ0n) is 21.8. The molecule has 2 heterocycles. The molecule has 3 aromatic rings. The largest absolute Gasteiger partial charge is 0.492 e. The molecular weight excluding hydrogens is 522 g/mol. The fourth-order valence-electron chi connectivity index (χ4n) is 4.77. The predicted octanol–water partition coefficient (Wildman–Crippen LogP) is 6.94. The van der Waals surface area contributed by atoms with Crippen LogP contribution >= 0.6 is 23.2 Å². The summed E-state index contributed by atoms with van der Waals surface area (Å²) in [4.78, 5) is 16.9. The predicted molar refractivity (Wildman–Crippen MR) is 151 cm³/mol. The topological polar surface area (TPSA) is 69.7 Å². The van der Waals surface area contributed by atoms with E-state index in [0.717, 1.165) is 11.1 Å². The molecule has 2 aliphatic rings. The third-order valence-corrected chi connectivity index (χ3v) is 8.16. The summed E-state index contributed by atoms with van der Waals surface area (Å²) in [5.41, 5.74) is 4.75. The number of carbonyl (C=O) groups is 1. The van der Waals surface area contributed by atoms with Gasteiger partial charge in [-0.15, -0.1) is 0 Å². The van der Waals surface area contributed by atoms with Crippen LogP contribution in [0.1, 0.15) is 50.3 Å². The number of ether oxygens (including phenoxy) is 1. The number of fused-ring (bicyclic) bond motifs is 3. The molecule has 1 fully saturated rings. The van der Waals surface area contributed by atoms with Crippen LogP contribution in [0.25, 0.3) is 17.2 Å². The van der Waals surface area contributed by atoms with E-state index in [9.17, 15) is 4.79 Å². The number of carbonyl (C=O) groups excluding carboxylic acids is 1. The molecule has 1 aliphatic heterocycles. The fraction of sp³-hybridized carbons (Fsp3) is 0.310. The number of aromatic nitrogens is 1. The minimum atomic E-state index is -0.714. The van der Waals surface area contributed by atoms with Crippen molar-refractivity contribution in [3.05, 3.63) is 93.1 Å². The van der Waals surface area contributed by atoms with Crippen LogP contribution in [0.15, 0.2) is 66.4 Å². The van der Waals surface area contributed by atoms with E-state index < -0.39 is 24.4 Å². The zero-order valence-corrected chi connectivity index (χ0v) is 23.3. The number of pyridine rings is 1. The molecule has 2 aromatic carbocycles. The first-order valence-corrected chi connectivity index (χ1v) is 13.3. The third-order valence-electron chi connectivity index (χ3n) is 7.56. The highest BCUT2D eigenvalue weighted by Gasteiger charge is 2.52. The van der Waals surface area contributed by atoms with Crippen LogP contribution < -0.4 is 5.32 Å².